The van der Waals surface area contributed by atoms with E-state index in [0.29, 0.717) is 10.6 Å². The fourth-order valence-electron chi connectivity index (χ4n) is 4.84. The molecular weight excluding hydrogens is 613 g/mol. The van der Waals surface area contributed by atoms with E-state index < -0.39 is 45.8 Å². The molecule has 1 atom stereocenters. The first-order chi connectivity index (χ1) is 21.2. The number of nitrogens with one attached hydrogen (secondary N) is 1. The van der Waals surface area contributed by atoms with Gasteiger partial charge in [-0.15, -0.1) is 0 Å². The smallest absolute Gasteiger partial charge is 0.264 e. The summed E-state index contributed by atoms with van der Waals surface area (Å²) in [6.07, 6.45) is 0.152. The largest absolute Gasteiger partial charge is 0.350 e. The van der Waals surface area contributed by atoms with Crippen LogP contribution in [0.5, 0.6) is 0 Å². The minimum absolute atomic E-state index is 0.0514. The normalized spacial score (nSPS) is 12.3. The van der Waals surface area contributed by atoms with Crippen molar-refractivity contribution >= 4 is 39.1 Å². The van der Waals surface area contributed by atoms with E-state index in [1.807, 2.05) is 58.0 Å². The molecule has 0 aliphatic rings. The molecule has 0 saturated heterocycles. The zero-order chi connectivity index (χ0) is 32.8. The number of benzene rings is 4. The number of carbonyl (C=O) groups excluding carboxylic acids is 2. The third kappa shape index (κ3) is 8.93. The van der Waals surface area contributed by atoms with Crippen molar-refractivity contribution in [1.82, 2.24) is 10.2 Å². The Morgan fingerprint density at radius 1 is 0.867 bits per heavy atom. The number of para-hydroxylation sites is 1. The van der Waals surface area contributed by atoms with Crippen LogP contribution in [0.3, 0.4) is 0 Å². The summed E-state index contributed by atoms with van der Waals surface area (Å²) in [5.41, 5.74) is 1.37. The van der Waals surface area contributed by atoms with Crippen molar-refractivity contribution in [3.63, 3.8) is 0 Å². The standard InChI is InChI=1S/C35H37ClFN3O4S/c1-25-17-19-29(20-18-25)45(43,44)40(31-16-9-8-15-30(31)37)24-33(41)39(23-27-13-10-14-28(36)21-27)32(34(42)38-35(2,3)4)22-26-11-6-5-7-12-26/h5-21,32H,22-24H2,1-4H3,(H,38,42)/t32-/m1/s1. The third-order valence-corrected chi connectivity index (χ3v) is 9.03. The average Bonchev–Trinajstić information content (AvgIpc) is 2.98. The highest BCUT2D eigenvalue weighted by molar-refractivity contribution is 7.92. The SMILES string of the molecule is Cc1ccc(S(=O)(=O)N(CC(=O)N(Cc2cccc(Cl)c2)[C@H](Cc2ccccc2)C(=O)NC(C)(C)C)c2ccccc2F)cc1. The van der Waals surface area contributed by atoms with E-state index in [1.54, 1.807) is 36.4 Å². The molecular formula is C35H37ClFN3O4S. The van der Waals surface area contributed by atoms with Gasteiger partial charge < -0.3 is 10.2 Å². The molecule has 0 aliphatic heterocycles. The summed E-state index contributed by atoms with van der Waals surface area (Å²) in [5.74, 6) is -1.92. The second-order valence-electron chi connectivity index (χ2n) is 11.9. The van der Waals surface area contributed by atoms with Gasteiger partial charge in [-0.2, -0.15) is 0 Å². The number of amides is 2. The number of hydrogen-bond donors (Lipinski definition) is 1. The number of aryl methyl sites for hydroxylation is 1. The topological polar surface area (TPSA) is 86.8 Å². The molecule has 0 spiro atoms. The minimum atomic E-state index is -4.41. The van der Waals surface area contributed by atoms with Crippen LogP contribution in [0.15, 0.2) is 108 Å². The lowest BCUT2D eigenvalue weighted by molar-refractivity contribution is -0.140. The fourth-order valence-corrected chi connectivity index (χ4v) is 6.48. The predicted molar refractivity (Wildman–Crippen MR) is 176 cm³/mol. The van der Waals surface area contributed by atoms with E-state index in [9.17, 15) is 18.0 Å². The monoisotopic (exact) mass is 649 g/mol. The Morgan fingerprint density at radius 3 is 2.11 bits per heavy atom. The summed E-state index contributed by atoms with van der Waals surface area (Å²) in [6, 6.07) is 26.6. The average molecular weight is 650 g/mol. The molecule has 0 aromatic heterocycles. The summed E-state index contributed by atoms with van der Waals surface area (Å²) >= 11 is 6.28. The van der Waals surface area contributed by atoms with Crippen molar-refractivity contribution in [2.24, 2.45) is 0 Å². The predicted octanol–water partition coefficient (Wildman–Crippen LogP) is 6.54. The van der Waals surface area contributed by atoms with Gasteiger partial charge in [0.15, 0.2) is 0 Å². The van der Waals surface area contributed by atoms with Crippen molar-refractivity contribution in [2.45, 2.75) is 57.1 Å². The van der Waals surface area contributed by atoms with Crippen molar-refractivity contribution in [1.29, 1.82) is 0 Å². The molecule has 236 valence electrons. The molecule has 0 saturated carbocycles. The molecule has 4 rings (SSSR count). The lowest BCUT2D eigenvalue weighted by Gasteiger charge is -2.35. The molecule has 0 radical (unpaired) electrons. The van der Waals surface area contributed by atoms with Crippen molar-refractivity contribution in [3.05, 3.63) is 131 Å². The molecule has 0 bridgehead atoms. The maximum atomic E-state index is 15.2. The van der Waals surface area contributed by atoms with Gasteiger partial charge in [-0.05, 0) is 75.2 Å². The Balaban J connectivity index is 1.83. The number of hydrogen-bond acceptors (Lipinski definition) is 4. The number of rotatable bonds is 11. The molecule has 1 N–H and O–H groups in total. The molecule has 4 aromatic rings. The zero-order valence-electron chi connectivity index (χ0n) is 25.7. The second-order valence-corrected chi connectivity index (χ2v) is 14.2. The van der Waals surface area contributed by atoms with Gasteiger partial charge in [0.05, 0.1) is 10.6 Å². The second kappa shape index (κ2) is 14.3. The van der Waals surface area contributed by atoms with Gasteiger partial charge in [0.25, 0.3) is 10.0 Å². The first-order valence-corrected chi connectivity index (χ1v) is 16.3. The van der Waals surface area contributed by atoms with Crippen LogP contribution >= 0.6 is 11.6 Å². The van der Waals surface area contributed by atoms with Crippen LogP contribution in [0.25, 0.3) is 0 Å². The number of sulfonamides is 1. The van der Waals surface area contributed by atoms with Crippen LogP contribution < -0.4 is 9.62 Å². The van der Waals surface area contributed by atoms with Gasteiger partial charge in [0, 0.05) is 23.5 Å². The van der Waals surface area contributed by atoms with Crippen LogP contribution in [0.2, 0.25) is 5.02 Å². The van der Waals surface area contributed by atoms with Crippen LogP contribution in [-0.4, -0.2) is 43.3 Å². The van der Waals surface area contributed by atoms with Gasteiger partial charge in [-0.3, -0.25) is 13.9 Å². The molecule has 2 amide bonds. The van der Waals surface area contributed by atoms with E-state index in [2.05, 4.69) is 5.32 Å². The molecule has 10 heteroatoms. The van der Waals surface area contributed by atoms with Crippen molar-refractivity contribution in [2.75, 3.05) is 10.8 Å². The van der Waals surface area contributed by atoms with Crippen LogP contribution in [-0.2, 0) is 32.6 Å². The molecule has 0 heterocycles. The maximum absolute atomic E-state index is 15.2. The summed E-state index contributed by atoms with van der Waals surface area (Å²) in [5, 5.41) is 3.42. The van der Waals surface area contributed by atoms with Crippen LogP contribution in [0.4, 0.5) is 10.1 Å². The Bertz CT molecular complexity index is 1740. The third-order valence-electron chi connectivity index (χ3n) is 7.02. The van der Waals surface area contributed by atoms with Crippen molar-refractivity contribution < 1.29 is 22.4 Å². The van der Waals surface area contributed by atoms with E-state index in [1.165, 1.54) is 35.2 Å². The highest BCUT2D eigenvalue weighted by Gasteiger charge is 2.36. The van der Waals surface area contributed by atoms with Gasteiger partial charge in [-0.25, -0.2) is 12.8 Å². The fraction of sp³-hybridized carbons (Fsp3) is 0.257. The summed E-state index contributed by atoms with van der Waals surface area (Å²) in [4.78, 5) is 29.6. The number of nitrogens with zero attached hydrogens (tertiary/aromatic N) is 2. The molecule has 45 heavy (non-hydrogen) atoms. The van der Waals surface area contributed by atoms with Gasteiger partial charge in [0.1, 0.15) is 18.4 Å². The highest BCUT2D eigenvalue weighted by atomic mass is 35.5. The summed E-state index contributed by atoms with van der Waals surface area (Å²) < 4.78 is 44.1. The molecule has 0 unspecified atom stereocenters. The van der Waals surface area contributed by atoms with Gasteiger partial charge in [0.2, 0.25) is 11.8 Å². The Kier molecular flexibility index (Phi) is 10.7. The Morgan fingerprint density at radius 2 is 1.49 bits per heavy atom. The molecule has 0 fully saturated rings. The Labute approximate surface area is 269 Å². The maximum Gasteiger partial charge on any atom is 0.264 e. The number of carbonyl (C=O) groups is 2. The highest BCUT2D eigenvalue weighted by Crippen LogP contribution is 2.28. The summed E-state index contributed by atoms with van der Waals surface area (Å²) in [7, 11) is -4.41. The molecule has 0 aliphatic carbocycles. The van der Waals surface area contributed by atoms with Gasteiger partial charge in [-0.1, -0.05) is 83.9 Å². The zero-order valence-corrected chi connectivity index (χ0v) is 27.3. The van der Waals surface area contributed by atoms with E-state index in [-0.39, 0.29) is 23.5 Å². The van der Waals surface area contributed by atoms with E-state index >= 15 is 4.39 Å². The first-order valence-electron chi connectivity index (χ1n) is 14.5. The number of halogens is 2. The first kappa shape index (κ1) is 33.7. The van der Waals surface area contributed by atoms with Crippen LogP contribution in [0, 0.1) is 12.7 Å². The van der Waals surface area contributed by atoms with Gasteiger partial charge >= 0.3 is 0 Å². The Hall–Kier alpha value is -4.21. The van der Waals surface area contributed by atoms with Crippen molar-refractivity contribution in [3.8, 4) is 0 Å². The number of anilines is 1. The molecule has 4 aromatic carbocycles. The van der Waals surface area contributed by atoms with E-state index in [0.717, 1.165) is 21.5 Å². The molecule has 7 nitrogen and oxygen atoms in total. The van der Waals surface area contributed by atoms with E-state index in [4.69, 9.17) is 11.6 Å². The summed E-state index contributed by atoms with van der Waals surface area (Å²) in [6.45, 7) is 6.51. The lowest BCUT2D eigenvalue weighted by Crippen LogP contribution is -2.56. The minimum Gasteiger partial charge on any atom is -0.350 e. The quantitative estimate of drug-likeness (QED) is 0.200. The lowest BCUT2D eigenvalue weighted by atomic mass is 10.0. The van der Waals surface area contributed by atoms with Crippen LogP contribution in [0.1, 0.15) is 37.5 Å².